The number of amides is 1. The minimum absolute atomic E-state index is 0.0338. The van der Waals surface area contributed by atoms with Crippen molar-refractivity contribution in [2.75, 3.05) is 26.2 Å². The van der Waals surface area contributed by atoms with Crippen LogP contribution in [0.1, 0.15) is 5.56 Å². The van der Waals surface area contributed by atoms with Crippen molar-refractivity contribution in [1.82, 2.24) is 19.2 Å². The van der Waals surface area contributed by atoms with Gasteiger partial charge in [-0.15, -0.1) is 0 Å². The van der Waals surface area contributed by atoms with Crippen LogP contribution in [0, 0.1) is 0 Å². The predicted molar refractivity (Wildman–Crippen MR) is 94.5 cm³/mol. The molecule has 2 aliphatic heterocycles. The molecule has 0 aliphatic carbocycles. The fourth-order valence-corrected chi connectivity index (χ4v) is 4.67. The van der Waals surface area contributed by atoms with Crippen molar-refractivity contribution in [3.8, 4) is 0 Å². The molecule has 2 aromatic heterocycles. The molecule has 0 spiro atoms. The third-order valence-corrected chi connectivity index (χ3v) is 6.38. The lowest BCUT2D eigenvalue weighted by molar-refractivity contribution is -0.129. The summed E-state index contributed by atoms with van der Waals surface area (Å²) in [5, 5.41) is 0.0608. The Labute approximate surface area is 152 Å². The highest BCUT2D eigenvalue weighted by Crippen LogP contribution is 2.29. The quantitative estimate of drug-likeness (QED) is 0.746. The maximum absolute atomic E-state index is 12.7. The summed E-state index contributed by atoms with van der Waals surface area (Å²) >= 11 is 0. The maximum atomic E-state index is 12.7. The first-order valence-corrected chi connectivity index (χ1v) is 9.75. The van der Waals surface area contributed by atoms with E-state index in [1.165, 1.54) is 16.6 Å². The Morgan fingerprint density at radius 3 is 2.38 bits per heavy atom. The first kappa shape index (κ1) is 16.9. The molecule has 134 valence electrons. The second-order valence-electron chi connectivity index (χ2n) is 6.44. The molecule has 4 heterocycles. The van der Waals surface area contributed by atoms with E-state index in [0.29, 0.717) is 32.6 Å². The number of hydrogen-bond donors (Lipinski definition) is 0. The van der Waals surface area contributed by atoms with Gasteiger partial charge in [0.25, 0.3) is 10.0 Å². The van der Waals surface area contributed by atoms with Gasteiger partial charge in [0.2, 0.25) is 5.91 Å². The van der Waals surface area contributed by atoms with Gasteiger partial charge in [0.15, 0.2) is 5.03 Å². The largest absolute Gasteiger partial charge is 0.334 e. The van der Waals surface area contributed by atoms with E-state index in [1.54, 1.807) is 29.4 Å². The van der Waals surface area contributed by atoms with Crippen LogP contribution >= 0.6 is 0 Å². The summed E-state index contributed by atoms with van der Waals surface area (Å²) in [4.78, 5) is 22.2. The Morgan fingerprint density at radius 1 is 1.00 bits per heavy atom. The highest BCUT2D eigenvalue weighted by atomic mass is 32.2. The molecule has 2 aliphatic rings. The summed E-state index contributed by atoms with van der Waals surface area (Å²) in [6.07, 6.45) is 5.15. The minimum atomic E-state index is -3.60. The van der Waals surface area contributed by atoms with Crippen LogP contribution < -0.4 is 0 Å². The summed E-state index contributed by atoms with van der Waals surface area (Å²) in [5.74, 6) is 0.0338. The van der Waals surface area contributed by atoms with Gasteiger partial charge in [0.1, 0.15) is 0 Å². The van der Waals surface area contributed by atoms with Gasteiger partial charge in [0.05, 0.1) is 6.42 Å². The van der Waals surface area contributed by atoms with Gasteiger partial charge in [-0.05, 0) is 34.9 Å². The van der Waals surface area contributed by atoms with Gasteiger partial charge >= 0.3 is 0 Å². The van der Waals surface area contributed by atoms with Crippen LogP contribution in [0.25, 0.3) is 0 Å². The SMILES string of the molecule is O=C(Cc1cccnc1)N1CC2=C(C1)CN(S(=O)(=O)c1ccccn1)C2. The van der Waals surface area contributed by atoms with E-state index in [4.69, 9.17) is 0 Å². The molecule has 0 atom stereocenters. The molecule has 26 heavy (non-hydrogen) atoms. The molecule has 0 radical (unpaired) electrons. The maximum Gasteiger partial charge on any atom is 0.261 e. The predicted octanol–water partition coefficient (Wildman–Crippen LogP) is 0.862. The van der Waals surface area contributed by atoms with Gasteiger partial charge in [-0.25, -0.2) is 13.4 Å². The molecule has 0 saturated heterocycles. The van der Waals surface area contributed by atoms with Gasteiger partial charge in [-0.3, -0.25) is 9.78 Å². The summed E-state index contributed by atoms with van der Waals surface area (Å²) < 4.78 is 26.8. The topological polar surface area (TPSA) is 83.5 Å². The van der Waals surface area contributed by atoms with Crippen molar-refractivity contribution in [2.45, 2.75) is 11.4 Å². The van der Waals surface area contributed by atoms with Crippen molar-refractivity contribution in [3.05, 3.63) is 65.6 Å². The summed E-state index contributed by atoms with van der Waals surface area (Å²) in [6, 6.07) is 8.54. The molecule has 7 nitrogen and oxygen atoms in total. The van der Waals surface area contributed by atoms with Crippen molar-refractivity contribution in [2.24, 2.45) is 0 Å². The zero-order valence-corrected chi connectivity index (χ0v) is 14.9. The fraction of sp³-hybridized carbons (Fsp3) is 0.278. The van der Waals surface area contributed by atoms with Gasteiger partial charge in [-0.2, -0.15) is 4.31 Å². The zero-order chi connectivity index (χ0) is 18.1. The lowest BCUT2D eigenvalue weighted by Crippen LogP contribution is -2.37. The molecule has 0 fully saturated rings. The highest BCUT2D eigenvalue weighted by Gasteiger charge is 2.37. The van der Waals surface area contributed by atoms with E-state index in [9.17, 15) is 13.2 Å². The number of aromatic nitrogens is 2. The van der Waals surface area contributed by atoms with E-state index in [1.807, 2.05) is 12.1 Å². The third-order valence-electron chi connectivity index (χ3n) is 4.67. The molecule has 4 rings (SSSR count). The summed E-state index contributed by atoms with van der Waals surface area (Å²) in [6.45, 7) is 1.63. The van der Waals surface area contributed by atoms with Crippen molar-refractivity contribution in [1.29, 1.82) is 0 Å². The standard InChI is InChI=1S/C18H18N4O3S/c23-18(8-14-4-3-6-19-9-14)21-10-15-12-22(13-16(15)11-21)26(24,25)17-5-1-2-7-20-17/h1-7,9H,8,10-13H2. The lowest BCUT2D eigenvalue weighted by Gasteiger charge is -2.22. The lowest BCUT2D eigenvalue weighted by atomic mass is 10.2. The van der Waals surface area contributed by atoms with E-state index < -0.39 is 10.0 Å². The molecular formula is C18H18N4O3S. The molecule has 0 N–H and O–H groups in total. The number of rotatable bonds is 4. The monoisotopic (exact) mass is 370 g/mol. The Hall–Kier alpha value is -2.58. The number of carbonyl (C=O) groups is 1. The second-order valence-corrected chi connectivity index (χ2v) is 8.32. The first-order chi connectivity index (χ1) is 12.5. The van der Waals surface area contributed by atoms with Crippen LogP contribution in [-0.4, -0.2) is 59.7 Å². The Kier molecular flexibility index (Phi) is 4.29. The first-order valence-electron chi connectivity index (χ1n) is 8.31. The Balaban J connectivity index is 1.40. The molecule has 8 heteroatoms. The van der Waals surface area contributed by atoms with Gasteiger partial charge in [-0.1, -0.05) is 12.1 Å². The summed E-state index contributed by atoms with van der Waals surface area (Å²) in [5.41, 5.74) is 2.91. The summed E-state index contributed by atoms with van der Waals surface area (Å²) in [7, 11) is -3.60. The van der Waals surface area contributed by atoms with E-state index >= 15 is 0 Å². The second kappa shape index (κ2) is 6.62. The minimum Gasteiger partial charge on any atom is -0.334 e. The number of carbonyl (C=O) groups excluding carboxylic acids is 1. The fourth-order valence-electron chi connectivity index (χ4n) is 3.31. The Morgan fingerprint density at radius 2 is 1.77 bits per heavy atom. The third kappa shape index (κ3) is 3.13. The normalized spacial score (nSPS) is 17.6. The number of pyridine rings is 2. The van der Waals surface area contributed by atoms with Crippen molar-refractivity contribution < 1.29 is 13.2 Å². The van der Waals surface area contributed by atoms with Crippen LogP contribution in [0.4, 0.5) is 0 Å². The van der Waals surface area contributed by atoms with Crippen molar-refractivity contribution >= 4 is 15.9 Å². The van der Waals surface area contributed by atoms with E-state index in [0.717, 1.165) is 16.7 Å². The van der Waals surface area contributed by atoms with Crippen LogP contribution in [0.5, 0.6) is 0 Å². The van der Waals surface area contributed by atoms with Crippen LogP contribution in [0.15, 0.2) is 65.1 Å². The molecule has 0 saturated carbocycles. The van der Waals surface area contributed by atoms with E-state index in [2.05, 4.69) is 9.97 Å². The van der Waals surface area contributed by atoms with Crippen molar-refractivity contribution in [3.63, 3.8) is 0 Å². The smallest absolute Gasteiger partial charge is 0.261 e. The van der Waals surface area contributed by atoms with Crippen LogP contribution in [-0.2, 0) is 21.2 Å². The van der Waals surface area contributed by atoms with Crippen LogP contribution in [0.2, 0.25) is 0 Å². The molecule has 0 unspecified atom stereocenters. The molecular weight excluding hydrogens is 352 g/mol. The number of hydrogen-bond acceptors (Lipinski definition) is 5. The zero-order valence-electron chi connectivity index (χ0n) is 14.1. The van der Waals surface area contributed by atoms with E-state index in [-0.39, 0.29) is 10.9 Å². The van der Waals surface area contributed by atoms with Gasteiger partial charge in [0, 0.05) is 44.8 Å². The van der Waals surface area contributed by atoms with Crippen LogP contribution in [0.3, 0.4) is 0 Å². The highest BCUT2D eigenvalue weighted by molar-refractivity contribution is 7.89. The molecule has 0 bridgehead atoms. The number of sulfonamides is 1. The number of nitrogens with zero attached hydrogens (tertiary/aromatic N) is 4. The molecule has 2 aromatic rings. The molecule has 0 aromatic carbocycles. The molecule has 1 amide bonds. The van der Waals surface area contributed by atoms with Gasteiger partial charge < -0.3 is 4.90 Å². The average molecular weight is 370 g/mol. The average Bonchev–Trinajstić information content (AvgIpc) is 3.23. The Bertz CT molecular complexity index is 940.